The second kappa shape index (κ2) is 6.75. The number of amides is 1. The Morgan fingerprint density at radius 3 is 3.05 bits per heavy atom. The summed E-state index contributed by atoms with van der Waals surface area (Å²) in [7, 11) is 0. The predicted octanol–water partition coefficient (Wildman–Crippen LogP) is 1.78. The smallest absolute Gasteiger partial charge is 0.252 e. The van der Waals surface area contributed by atoms with Crippen molar-refractivity contribution in [1.29, 1.82) is 0 Å². The third-order valence-corrected chi connectivity index (χ3v) is 3.75. The molecule has 0 aromatic heterocycles. The molecule has 2 N–H and O–H groups in total. The molecule has 4 nitrogen and oxygen atoms in total. The quantitative estimate of drug-likeness (QED) is 0.833. The van der Waals surface area contributed by atoms with E-state index in [1.54, 1.807) is 0 Å². The summed E-state index contributed by atoms with van der Waals surface area (Å²) in [5.74, 6) is 5.42. The van der Waals surface area contributed by atoms with Gasteiger partial charge in [0.05, 0.1) is 6.04 Å². The topological polar surface area (TPSA) is 58.6 Å². The van der Waals surface area contributed by atoms with Crippen LogP contribution in [0.15, 0.2) is 24.3 Å². The van der Waals surface area contributed by atoms with Crippen molar-refractivity contribution in [1.82, 2.24) is 5.32 Å². The highest BCUT2D eigenvalue weighted by molar-refractivity contribution is 5.85. The van der Waals surface area contributed by atoms with Crippen LogP contribution in [0.4, 0.5) is 0 Å². The maximum Gasteiger partial charge on any atom is 0.252 e. The Hall–Kier alpha value is -1.83. The maximum atomic E-state index is 12.3. The Morgan fingerprint density at radius 2 is 2.38 bits per heavy atom. The number of nitrogens with one attached hydrogen (secondary N) is 1. The normalized spacial score (nSPS) is 22.2. The second-order valence-corrected chi connectivity index (χ2v) is 5.46. The van der Waals surface area contributed by atoms with Crippen molar-refractivity contribution in [2.75, 3.05) is 13.2 Å². The highest BCUT2D eigenvalue weighted by Gasteiger charge is 2.38. The fourth-order valence-corrected chi connectivity index (χ4v) is 2.42. The van der Waals surface area contributed by atoms with Gasteiger partial charge in [0.2, 0.25) is 0 Å². The van der Waals surface area contributed by atoms with Crippen LogP contribution < -0.4 is 5.32 Å². The van der Waals surface area contributed by atoms with Crippen molar-refractivity contribution in [2.45, 2.75) is 38.3 Å². The fraction of sp³-hybridized carbons (Fsp3) is 0.471. The van der Waals surface area contributed by atoms with E-state index in [0.29, 0.717) is 6.61 Å². The molecule has 1 aromatic rings. The molecule has 0 saturated carbocycles. The number of hydrogen-bond acceptors (Lipinski definition) is 3. The number of carbonyl (C=O) groups is 1. The summed E-state index contributed by atoms with van der Waals surface area (Å²) in [6.07, 6.45) is 1.68. The van der Waals surface area contributed by atoms with Gasteiger partial charge in [0.25, 0.3) is 5.91 Å². The molecule has 0 bridgehead atoms. The number of rotatable bonds is 3. The minimum absolute atomic E-state index is 0.0701. The molecule has 2 rings (SSSR count). The molecule has 2 atom stereocenters. The van der Waals surface area contributed by atoms with Gasteiger partial charge in [0.15, 0.2) is 0 Å². The summed E-state index contributed by atoms with van der Waals surface area (Å²) in [6.45, 7) is 4.26. The van der Waals surface area contributed by atoms with Gasteiger partial charge < -0.3 is 15.2 Å². The maximum absolute atomic E-state index is 12.3. The first-order chi connectivity index (χ1) is 10.0. The Bertz CT molecular complexity index is 565. The average molecular weight is 287 g/mol. The Kier molecular flexibility index (Phi) is 5.00. The first kappa shape index (κ1) is 15.6. The van der Waals surface area contributed by atoms with Gasteiger partial charge in [-0.05, 0) is 44.4 Å². The van der Waals surface area contributed by atoms with Crippen LogP contribution in [0.3, 0.4) is 0 Å². The standard InChI is InChI=1S/C17H21NO3/c1-13(18-16(20)17(2)9-5-11-21-17)15-8-3-6-14(12-15)7-4-10-19/h3,6,8,12-13,19H,5,9-11H2,1-2H3,(H,18,20). The first-order valence-electron chi connectivity index (χ1n) is 7.20. The van der Waals surface area contributed by atoms with Crippen LogP contribution in [-0.2, 0) is 9.53 Å². The van der Waals surface area contributed by atoms with Gasteiger partial charge in [0.1, 0.15) is 12.2 Å². The fourth-order valence-electron chi connectivity index (χ4n) is 2.42. The zero-order valence-corrected chi connectivity index (χ0v) is 12.5. The summed E-state index contributed by atoms with van der Waals surface area (Å²) in [4.78, 5) is 12.3. The van der Waals surface area contributed by atoms with E-state index in [4.69, 9.17) is 9.84 Å². The molecule has 0 radical (unpaired) electrons. The van der Waals surface area contributed by atoms with Crippen molar-refractivity contribution < 1.29 is 14.6 Å². The number of hydrogen-bond donors (Lipinski definition) is 2. The SMILES string of the molecule is CC(NC(=O)C1(C)CCCO1)c1cccc(C#CCO)c1. The lowest BCUT2D eigenvalue weighted by Crippen LogP contribution is -2.44. The number of benzene rings is 1. The highest BCUT2D eigenvalue weighted by atomic mass is 16.5. The molecule has 0 spiro atoms. The first-order valence-corrected chi connectivity index (χ1v) is 7.20. The minimum atomic E-state index is -0.706. The molecule has 1 aliphatic heterocycles. The molecule has 112 valence electrons. The van der Waals surface area contributed by atoms with Gasteiger partial charge in [-0.1, -0.05) is 24.0 Å². The number of aliphatic hydroxyl groups is 1. The second-order valence-electron chi connectivity index (χ2n) is 5.46. The number of aliphatic hydroxyl groups excluding tert-OH is 1. The van der Waals surface area contributed by atoms with E-state index < -0.39 is 5.60 Å². The molecule has 1 aliphatic rings. The van der Waals surface area contributed by atoms with Gasteiger partial charge in [-0.15, -0.1) is 0 Å². The van der Waals surface area contributed by atoms with Crippen LogP contribution in [0.2, 0.25) is 0 Å². The van der Waals surface area contributed by atoms with Crippen LogP contribution in [-0.4, -0.2) is 29.8 Å². The minimum Gasteiger partial charge on any atom is -0.384 e. The van der Waals surface area contributed by atoms with E-state index in [1.807, 2.05) is 38.1 Å². The van der Waals surface area contributed by atoms with Crippen molar-refractivity contribution >= 4 is 5.91 Å². The van der Waals surface area contributed by atoms with E-state index in [1.165, 1.54) is 0 Å². The summed E-state index contributed by atoms with van der Waals surface area (Å²) >= 11 is 0. The molecule has 2 unspecified atom stereocenters. The van der Waals surface area contributed by atoms with Gasteiger partial charge in [-0.3, -0.25) is 4.79 Å². The lowest BCUT2D eigenvalue weighted by atomic mass is 10.00. The highest BCUT2D eigenvalue weighted by Crippen LogP contribution is 2.26. The lowest BCUT2D eigenvalue weighted by Gasteiger charge is -2.25. The lowest BCUT2D eigenvalue weighted by molar-refractivity contribution is -0.140. The van der Waals surface area contributed by atoms with E-state index in [2.05, 4.69) is 17.2 Å². The molecule has 0 aliphatic carbocycles. The largest absolute Gasteiger partial charge is 0.384 e. The average Bonchev–Trinajstić information content (AvgIpc) is 2.93. The van der Waals surface area contributed by atoms with Crippen molar-refractivity contribution in [3.63, 3.8) is 0 Å². The Labute approximate surface area is 125 Å². The molecular formula is C17H21NO3. The van der Waals surface area contributed by atoms with Crippen LogP contribution in [0.25, 0.3) is 0 Å². The Balaban J connectivity index is 2.06. The summed E-state index contributed by atoms with van der Waals surface area (Å²) in [5, 5.41) is 11.7. The van der Waals surface area contributed by atoms with E-state index in [9.17, 15) is 4.79 Å². The van der Waals surface area contributed by atoms with Crippen molar-refractivity contribution in [3.05, 3.63) is 35.4 Å². The van der Waals surface area contributed by atoms with Crippen LogP contribution in [0.1, 0.15) is 43.9 Å². The van der Waals surface area contributed by atoms with Crippen molar-refractivity contribution in [3.8, 4) is 11.8 Å². The third kappa shape index (κ3) is 3.84. The third-order valence-electron chi connectivity index (χ3n) is 3.75. The molecular weight excluding hydrogens is 266 g/mol. The molecule has 1 aromatic carbocycles. The van der Waals surface area contributed by atoms with Crippen LogP contribution >= 0.6 is 0 Å². The van der Waals surface area contributed by atoms with Gasteiger partial charge >= 0.3 is 0 Å². The molecule has 1 heterocycles. The van der Waals surface area contributed by atoms with Gasteiger partial charge in [-0.2, -0.15) is 0 Å². The summed E-state index contributed by atoms with van der Waals surface area (Å²) in [5.41, 5.74) is 1.10. The molecule has 1 fully saturated rings. The Morgan fingerprint density at radius 1 is 1.57 bits per heavy atom. The van der Waals surface area contributed by atoms with Gasteiger partial charge in [-0.25, -0.2) is 0 Å². The molecule has 1 amide bonds. The van der Waals surface area contributed by atoms with E-state index >= 15 is 0 Å². The monoisotopic (exact) mass is 287 g/mol. The number of ether oxygens (including phenoxy) is 1. The zero-order valence-electron chi connectivity index (χ0n) is 12.5. The molecule has 21 heavy (non-hydrogen) atoms. The van der Waals surface area contributed by atoms with Crippen LogP contribution in [0.5, 0.6) is 0 Å². The molecule has 4 heteroatoms. The van der Waals surface area contributed by atoms with E-state index in [-0.39, 0.29) is 18.6 Å². The van der Waals surface area contributed by atoms with Crippen molar-refractivity contribution in [2.24, 2.45) is 0 Å². The predicted molar refractivity (Wildman–Crippen MR) is 80.6 cm³/mol. The molecule has 1 saturated heterocycles. The zero-order chi connectivity index (χ0) is 15.3. The summed E-state index contributed by atoms with van der Waals surface area (Å²) in [6, 6.07) is 7.53. The number of carbonyl (C=O) groups excluding carboxylic acids is 1. The summed E-state index contributed by atoms with van der Waals surface area (Å²) < 4.78 is 5.55. The van der Waals surface area contributed by atoms with Gasteiger partial charge in [0, 0.05) is 12.2 Å². The van der Waals surface area contributed by atoms with E-state index in [0.717, 1.165) is 24.0 Å². The van der Waals surface area contributed by atoms with Crippen LogP contribution in [0, 0.1) is 11.8 Å².